The van der Waals surface area contributed by atoms with E-state index in [0.717, 1.165) is 0 Å². The van der Waals surface area contributed by atoms with Crippen LogP contribution in [0.5, 0.6) is 5.75 Å². The molecule has 0 heterocycles. The molecule has 0 bridgehead atoms. The molecule has 3 nitrogen and oxygen atoms in total. The number of rotatable bonds is 5. The summed E-state index contributed by atoms with van der Waals surface area (Å²) in [4.78, 5) is 12.0. The van der Waals surface area contributed by atoms with Gasteiger partial charge in [-0.15, -0.1) is 0 Å². The molecule has 2 aromatic carbocycles. The van der Waals surface area contributed by atoms with Crippen molar-refractivity contribution >= 4 is 11.6 Å². The lowest BCUT2D eigenvalue weighted by Gasteiger charge is -2.15. The molecule has 1 N–H and O–H groups in total. The molecule has 4 heteroatoms. The fourth-order valence-electron chi connectivity index (χ4n) is 1.97. The number of carbonyl (C=O) groups is 1. The fourth-order valence-corrected chi connectivity index (χ4v) is 1.97. The number of hydrogen-bond donors (Lipinski definition) is 1. The molecule has 0 fully saturated rings. The number of nitrogens with one attached hydrogen (secondary N) is 1. The maximum atomic E-state index is 12.8. The van der Waals surface area contributed by atoms with E-state index in [9.17, 15) is 9.18 Å². The van der Waals surface area contributed by atoms with Crippen LogP contribution in [-0.2, 0) is 4.79 Å². The Hall–Kier alpha value is -2.36. The average molecular weight is 301 g/mol. The van der Waals surface area contributed by atoms with Crippen LogP contribution in [0.2, 0.25) is 0 Å². The van der Waals surface area contributed by atoms with Crippen molar-refractivity contribution < 1.29 is 13.9 Å². The first kappa shape index (κ1) is 16.0. The largest absolute Gasteiger partial charge is 0.481 e. The predicted molar refractivity (Wildman–Crippen MR) is 85.7 cm³/mol. The van der Waals surface area contributed by atoms with Gasteiger partial charge in [0.15, 0.2) is 6.10 Å². The average Bonchev–Trinajstić information content (AvgIpc) is 2.50. The maximum Gasteiger partial charge on any atom is 0.265 e. The third-order valence-electron chi connectivity index (χ3n) is 3.34. The van der Waals surface area contributed by atoms with Crippen LogP contribution in [0.15, 0.2) is 48.5 Å². The maximum absolute atomic E-state index is 12.8. The van der Waals surface area contributed by atoms with Gasteiger partial charge in [-0.3, -0.25) is 4.79 Å². The van der Waals surface area contributed by atoms with E-state index in [4.69, 9.17) is 4.74 Å². The first-order valence-electron chi connectivity index (χ1n) is 7.29. The summed E-state index contributed by atoms with van der Waals surface area (Å²) in [7, 11) is 0. The highest BCUT2D eigenvalue weighted by Crippen LogP contribution is 2.19. The van der Waals surface area contributed by atoms with E-state index in [2.05, 4.69) is 19.2 Å². The van der Waals surface area contributed by atoms with E-state index in [0.29, 0.717) is 17.4 Å². The summed E-state index contributed by atoms with van der Waals surface area (Å²) in [6.45, 7) is 5.92. The van der Waals surface area contributed by atoms with E-state index in [1.54, 1.807) is 6.92 Å². The third kappa shape index (κ3) is 4.32. The standard InChI is InChI=1S/C18H20FNO2/c1-12(2)14-4-10-17(11-5-14)22-13(3)18(21)20-16-8-6-15(19)7-9-16/h4-13H,1-3H3,(H,20,21). The minimum atomic E-state index is -0.644. The van der Waals surface area contributed by atoms with Crippen molar-refractivity contribution in [1.82, 2.24) is 0 Å². The molecule has 2 aromatic rings. The highest BCUT2D eigenvalue weighted by molar-refractivity contribution is 5.94. The molecule has 116 valence electrons. The van der Waals surface area contributed by atoms with Gasteiger partial charge in [0.25, 0.3) is 5.91 Å². The van der Waals surface area contributed by atoms with Gasteiger partial charge in [-0.05, 0) is 54.8 Å². The summed E-state index contributed by atoms with van der Waals surface area (Å²) in [5.74, 6) is 0.478. The summed E-state index contributed by atoms with van der Waals surface area (Å²) in [5, 5.41) is 2.69. The van der Waals surface area contributed by atoms with Gasteiger partial charge < -0.3 is 10.1 Å². The number of hydrogen-bond acceptors (Lipinski definition) is 2. The fraction of sp³-hybridized carbons (Fsp3) is 0.278. The van der Waals surface area contributed by atoms with Crippen LogP contribution in [0.3, 0.4) is 0 Å². The van der Waals surface area contributed by atoms with Crippen molar-refractivity contribution in [3.63, 3.8) is 0 Å². The highest BCUT2D eigenvalue weighted by atomic mass is 19.1. The van der Waals surface area contributed by atoms with Crippen LogP contribution in [0, 0.1) is 5.82 Å². The molecule has 1 amide bonds. The quantitative estimate of drug-likeness (QED) is 0.891. The third-order valence-corrected chi connectivity index (χ3v) is 3.34. The number of halogens is 1. The van der Waals surface area contributed by atoms with Gasteiger partial charge in [0.2, 0.25) is 0 Å². The zero-order valence-corrected chi connectivity index (χ0v) is 13.0. The van der Waals surface area contributed by atoms with Crippen LogP contribution >= 0.6 is 0 Å². The monoisotopic (exact) mass is 301 g/mol. The summed E-state index contributed by atoms with van der Waals surface area (Å²) < 4.78 is 18.4. The van der Waals surface area contributed by atoms with E-state index in [1.165, 1.54) is 29.8 Å². The van der Waals surface area contributed by atoms with Crippen molar-refractivity contribution in [2.75, 3.05) is 5.32 Å². The molecule has 0 aliphatic carbocycles. The van der Waals surface area contributed by atoms with Gasteiger partial charge in [0.1, 0.15) is 11.6 Å². The molecular weight excluding hydrogens is 281 g/mol. The van der Waals surface area contributed by atoms with Gasteiger partial charge in [-0.1, -0.05) is 26.0 Å². The molecule has 0 spiro atoms. The Morgan fingerprint density at radius 1 is 1.00 bits per heavy atom. The molecule has 1 atom stereocenters. The molecule has 0 aliphatic heterocycles. The summed E-state index contributed by atoms with van der Waals surface area (Å²) >= 11 is 0. The molecule has 22 heavy (non-hydrogen) atoms. The zero-order chi connectivity index (χ0) is 16.1. The first-order valence-corrected chi connectivity index (χ1v) is 7.29. The van der Waals surface area contributed by atoms with Gasteiger partial charge in [-0.2, -0.15) is 0 Å². The van der Waals surface area contributed by atoms with E-state index in [-0.39, 0.29) is 11.7 Å². The predicted octanol–water partition coefficient (Wildman–Crippen LogP) is 4.36. The molecule has 0 saturated carbocycles. The molecule has 1 unspecified atom stereocenters. The lowest BCUT2D eigenvalue weighted by atomic mass is 10.0. The van der Waals surface area contributed by atoms with Gasteiger partial charge in [-0.25, -0.2) is 4.39 Å². The minimum absolute atomic E-state index is 0.278. The SMILES string of the molecule is CC(Oc1ccc(C(C)C)cc1)C(=O)Nc1ccc(F)cc1. The Morgan fingerprint density at radius 3 is 2.14 bits per heavy atom. The first-order chi connectivity index (χ1) is 10.5. The van der Waals surface area contributed by atoms with Crippen molar-refractivity contribution in [1.29, 1.82) is 0 Å². The molecule has 0 radical (unpaired) electrons. The van der Waals surface area contributed by atoms with Gasteiger partial charge in [0, 0.05) is 5.69 Å². The number of ether oxygens (including phenoxy) is 1. The number of benzene rings is 2. The van der Waals surface area contributed by atoms with Crippen LogP contribution in [0.1, 0.15) is 32.3 Å². The highest BCUT2D eigenvalue weighted by Gasteiger charge is 2.15. The Labute approximate surface area is 130 Å². The van der Waals surface area contributed by atoms with Gasteiger partial charge in [0.05, 0.1) is 0 Å². The number of anilines is 1. The smallest absolute Gasteiger partial charge is 0.265 e. The molecule has 2 rings (SSSR count). The second-order valence-electron chi connectivity index (χ2n) is 5.48. The molecular formula is C18H20FNO2. The summed E-state index contributed by atoms with van der Waals surface area (Å²) in [5.41, 5.74) is 1.76. The van der Waals surface area contributed by atoms with Crippen molar-refractivity contribution in [3.8, 4) is 5.75 Å². The summed E-state index contributed by atoms with van der Waals surface area (Å²) in [6, 6.07) is 13.3. The molecule has 0 saturated heterocycles. The second-order valence-corrected chi connectivity index (χ2v) is 5.48. The van der Waals surface area contributed by atoms with Crippen LogP contribution in [0.25, 0.3) is 0 Å². The van der Waals surface area contributed by atoms with Crippen molar-refractivity contribution in [2.24, 2.45) is 0 Å². The summed E-state index contributed by atoms with van der Waals surface area (Å²) in [6.07, 6.45) is -0.644. The minimum Gasteiger partial charge on any atom is -0.481 e. The Morgan fingerprint density at radius 2 is 1.59 bits per heavy atom. The van der Waals surface area contributed by atoms with E-state index >= 15 is 0 Å². The zero-order valence-electron chi connectivity index (χ0n) is 13.0. The number of amides is 1. The van der Waals surface area contributed by atoms with Crippen LogP contribution in [0.4, 0.5) is 10.1 Å². The lowest BCUT2D eigenvalue weighted by molar-refractivity contribution is -0.122. The van der Waals surface area contributed by atoms with E-state index < -0.39 is 6.10 Å². The number of carbonyl (C=O) groups excluding carboxylic acids is 1. The van der Waals surface area contributed by atoms with E-state index in [1.807, 2.05) is 24.3 Å². The van der Waals surface area contributed by atoms with Crippen LogP contribution in [-0.4, -0.2) is 12.0 Å². The van der Waals surface area contributed by atoms with Crippen LogP contribution < -0.4 is 10.1 Å². The van der Waals surface area contributed by atoms with Gasteiger partial charge >= 0.3 is 0 Å². The Kier molecular flexibility index (Phi) is 5.15. The Bertz CT molecular complexity index is 621. The lowest BCUT2D eigenvalue weighted by Crippen LogP contribution is -2.30. The van der Waals surface area contributed by atoms with Crippen molar-refractivity contribution in [2.45, 2.75) is 32.8 Å². The topological polar surface area (TPSA) is 38.3 Å². The normalized spacial score (nSPS) is 12.0. The second kappa shape index (κ2) is 7.07. The molecule has 0 aliphatic rings. The Balaban J connectivity index is 1.94. The van der Waals surface area contributed by atoms with Crippen molar-refractivity contribution in [3.05, 3.63) is 59.9 Å². The molecule has 0 aromatic heterocycles.